The quantitative estimate of drug-likeness (QED) is 0.701. The molecular weight excluding hydrogens is 424 g/mol. The first-order valence-corrected chi connectivity index (χ1v) is 8.45. The van der Waals surface area contributed by atoms with Crippen molar-refractivity contribution in [2.45, 2.75) is 13.8 Å². The van der Waals surface area contributed by atoms with Crippen LogP contribution in [0.4, 0.5) is 5.69 Å². The second-order valence-corrected chi connectivity index (χ2v) is 7.86. The van der Waals surface area contributed by atoms with Crippen molar-refractivity contribution < 1.29 is 14.3 Å². The molecule has 0 saturated carbocycles. The van der Waals surface area contributed by atoms with Gasteiger partial charge >= 0.3 is 5.97 Å². The number of anilines is 1. The predicted octanol–water partition coefficient (Wildman–Crippen LogP) is 4.34. The van der Waals surface area contributed by atoms with E-state index < -0.39 is 5.97 Å². The van der Waals surface area contributed by atoms with Crippen molar-refractivity contribution in [1.29, 1.82) is 0 Å². The van der Waals surface area contributed by atoms with Gasteiger partial charge in [0.1, 0.15) is 5.56 Å². The highest BCUT2D eigenvalue weighted by Gasteiger charge is 2.21. The fraction of sp³-hybridized carbons (Fsp3) is 0.231. The lowest BCUT2D eigenvalue weighted by Gasteiger charge is -2.06. The van der Waals surface area contributed by atoms with E-state index in [1.165, 1.54) is 11.3 Å². The van der Waals surface area contributed by atoms with Gasteiger partial charge in [0.2, 0.25) is 0 Å². The summed E-state index contributed by atoms with van der Waals surface area (Å²) in [5, 5.41) is 2.73. The molecule has 0 saturated heterocycles. The van der Waals surface area contributed by atoms with Gasteiger partial charge in [-0.2, -0.15) is 0 Å². The zero-order chi connectivity index (χ0) is 15.6. The summed E-state index contributed by atoms with van der Waals surface area (Å²) >= 11 is 8.07. The van der Waals surface area contributed by atoms with E-state index in [1.807, 2.05) is 0 Å². The summed E-state index contributed by atoms with van der Waals surface area (Å²) in [6.45, 7) is 3.76. The van der Waals surface area contributed by atoms with E-state index in [-0.39, 0.29) is 12.5 Å². The second-order valence-electron chi connectivity index (χ2n) is 4.11. The molecule has 2 N–H and O–H groups in total. The Kier molecular flexibility index (Phi) is 5.23. The molecule has 0 radical (unpaired) electrons. The number of rotatable bonds is 4. The molecule has 0 unspecified atom stereocenters. The van der Waals surface area contributed by atoms with Gasteiger partial charge in [0.25, 0.3) is 5.91 Å². The number of hydrogen-bond donors (Lipinski definition) is 2. The van der Waals surface area contributed by atoms with Crippen molar-refractivity contribution >= 4 is 60.8 Å². The predicted molar refractivity (Wildman–Crippen MR) is 89.2 cm³/mol. The lowest BCUT2D eigenvalue weighted by Crippen LogP contribution is -2.15. The van der Waals surface area contributed by atoms with Crippen LogP contribution in [0, 0.1) is 6.92 Å². The van der Waals surface area contributed by atoms with Crippen molar-refractivity contribution in [2.24, 2.45) is 0 Å². The van der Waals surface area contributed by atoms with Crippen LogP contribution in [0.15, 0.2) is 19.8 Å². The number of hydrogen-bond acceptors (Lipinski definition) is 4. The third-order valence-electron chi connectivity index (χ3n) is 2.71. The molecule has 0 bridgehead atoms. The molecule has 8 heteroatoms. The maximum atomic E-state index is 12.3. The molecule has 2 aromatic heterocycles. The zero-order valence-electron chi connectivity index (χ0n) is 11.3. The smallest absolute Gasteiger partial charge is 0.342 e. The third kappa shape index (κ3) is 3.56. The van der Waals surface area contributed by atoms with Gasteiger partial charge in [-0.3, -0.25) is 4.79 Å². The highest BCUT2D eigenvalue weighted by atomic mass is 79.9. The molecule has 1 amide bonds. The van der Waals surface area contributed by atoms with Gasteiger partial charge < -0.3 is 15.0 Å². The van der Waals surface area contributed by atoms with Crippen LogP contribution in [0.1, 0.15) is 33.3 Å². The minimum absolute atomic E-state index is 0.278. The van der Waals surface area contributed by atoms with Crippen LogP contribution in [-0.4, -0.2) is 23.5 Å². The van der Waals surface area contributed by atoms with Crippen molar-refractivity contribution in [2.75, 3.05) is 11.9 Å². The van der Waals surface area contributed by atoms with E-state index >= 15 is 0 Å². The van der Waals surface area contributed by atoms with Gasteiger partial charge in [0.15, 0.2) is 0 Å². The maximum absolute atomic E-state index is 12.3. The summed E-state index contributed by atoms with van der Waals surface area (Å²) in [5.41, 5.74) is 1.90. The van der Waals surface area contributed by atoms with Gasteiger partial charge in [0, 0.05) is 11.9 Å². The molecule has 0 atom stereocenters. The maximum Gasteiger partial charge on any atom is 0.342 e. The number of ether oxygens (including phenoxy) is 1. The molecule has 0 fully saturated rings. The van der Waals surface area contributed by atoms with Crippen LogP contribution in [0.25, 0.3) is 0 Å². The first-order valence-electron chi connectivity index (χ1n) is 6.05. The fourth-order valence-electron chi connectivity index (χ4n) is 1.78. The Morgan fingerprint density at radius 3 is 2.71 bits per heavy atom. The normalized spacial score (nSPS) is 10.5. The van der Waals surface area contributed by atoms with Gasteiger partial charge in [-0.25, -0.2) is 4.79 Å². The molecule has 0 aromatic carbocycles. The molecule has 0 aliphatic carbocycles. The molecule has 0 aliphatic heterocycles. The van der Waals surface area contributed by atoms with Gasteiger partial charge in [-0.15, -0.1) is 11.3 Å². The van der Waals surface area contributed by atoms with Crippen molar-refractivity contribution in [1.82, 2.24) is 4.98 Å². The van der Waals surface area contributed by atoms with Gasteiger partial charge in [-0.1, -0.05) is 0 Å². The molecule has 0 spiro atoms. The number of nitrogens with one attached hydrogen (secondary N) is 2. The zero-order valence-corrected chi connectivity index (χ0v) is 15.2. The molecular formula is C13H12Br2N2O3S. The number of H-pyrrole nitrogens is 1. The van der Waals surface area contributed by atoms with E-state index in [2.05, 4.69) is 42.2 Å². The van der Waals surface area contributed by atoms with Gasteiger partial charge in [-0.05, 0) is 51.8 Å². The molecule has 0 aliphatic rings. The third-order valence-corrected chi connectivity index (χ3v) is 5.05. The number of halogens is 2. The van der Waals surface area contributed by atoms with Crippen LogP contribution in [0.3, 0.4) is 0 Å². The van der Waals surface area contributed by atoms with Crippen molar-refractivity contribution in [3.8, 4) is 0 Å². The first-order chi connectivity index (χ1) is 9.93. The Bertz CT molecular complexity index is 694. The van der Waals surface area contributed by atoms with Crippen LogP contribution in [0.5, 0.6) is 0 Å². The minimum atomic E-state index is -0.461. The lowest BCUT2D eigenvalue weighted by atomic mass is 10.2. The molecule has 2 rings (SSSR count). The van der Waals surface area contributed by atoms with Crippen molar-refractivity contribution in [3.63, 3.8) is 0 Å². The van der Waals surface area contributed by atoms with Crippen LogP contribution < -0.4 is 5.32 Å². The Hall–Kier alpha value is -1.12. The van der Waals surface area contributed by atoms with Crippen LogP contribution in [0.2, 0.25) is 0 Å². The molecule has 2 heterocycles. The number of amides is 1. The first kappa shape index (κ1) is 16.3. The summed E-state index contributed by atoms with van der Waals surface area (Å²) in [6, 6.07) is 1.72. The standard InChI is InChI=1S/C13H12Br2N2O3S/c1-3-20-13(19)10-6(2)16-5-8(10)17-12(18)7-4-9(14)21-11(7)15/h4-5,16H,3H2,1-2H3,(H,17,18). The Labute approximate surface area is 142 Å². The SMILES string of the molecule is CCOC(=O)c1c(NC(=O)c2cc(Br)sc2Br)c[nH]c1C. The minimum Gasteiger partial charge on any atom is -0.462 e. The topological polar surface area (TPSA) is 71.2 Å². The number of aryl methyl sites for hydroxylation is 1. The molecule has 5 nitrogen and oxygen atoms in total. The lowest BCUT2D eigenvalue weighted by molar-refractivity contribution is 0.0527. The Balaban J connectivity index is 2.26. The number of carbonyl (C=O) groups excluding carboxylic acids is 2. The summed E-state index contributed by atoms with van der Waals surface area (Å²) in [6.07, 6.45) is 1.58. The molecule has 21 heavy (non-hydrogen) atoms. The van der Waals surface area contributed by atoms with Gasteiger partial charge in [0.05, 0.1) is 25.4 Å². The summed E-state index contributed by atoms with van der Waals surface area (Å²) < 4.78 is 6.56. The summed E-state index contributed by atoms with van der Waals surface area (Å²) in [4.78, 5) is 27.1. The number of aromatic nitrogens is 1. The van der Waals surface area contributed by atoms with Crippen molar-refractivity contribution in [3.05, 3.63) is 36.7 Å². The fourth-order valence-corrected chi connectivity index (χ4v) is 4.57. The number of esters is 1. The highest BCUT2D eigenvalue weighted by molar-refractivity contribution is 9.12. The summed E-state index contributed by atoms with van der Waals surface area (Å²) in [7, 11) is 0. The van der Waals surface area contributed by atoms with E-state index in [0.29, 0.717) is 22.5 Å². The molecule has 112 valence electrons. The average Bonchev–Trinajstić information content (AvgIpc) is 2.92. The summed E-state index contributed by atoms with van der Waals surface area (Å²) in [5.74, 6) is -0.759. The molecule has 2 aromatic rings. The average molecular weight is 436 g/mol. The highest BCUT2D eigenvalue weighted by Crippen LogP contribution is 2.32. The number of carbonyl (C=O) groups is 2. The van der Waals surface area contributed by atoms with E-state index in [1.54, 1.807) is 26.1 Å². The number of thiophene rings is 1. The monoisotopic (exact) mass is 434 g/mol. The number of aromatic amines is 1. The van der Waals surface area contributed by atoms with E-state index in [4.69, 9.17) is 4.74 Å². The Morgan fingerprint density at radius 2 is 2.14 bits per heavy atom. The van der Waals surface area contributed by atoms with E-state index in [0.717, 1.165) is 7.57 Å². The van der Waals surface area contributed by atoms with E-state index in [9.17, 15) is 9.59 Å². The van der Waals surface area contributed by atoms with Crippen LogP contribution in [-0.2, 0) is 4.74 Å². The Morgan fingerprint density at radius 1 is 1.43 bits per heavy atom. The van der Waals surface area contributed by atoms with Crippen LogP contribution >= 0.6 is 43.2 Å². The largest absolute Gasteiger partial charge is 0.462 e. The second kappa shape index (κ2) is 6.76.